The van der Waals surface area contributed by atoms with E-state index in [1.807, 2.05) is 0 Å². The Morgan fingerprint density at radius 2 is 1.00 bits per heavy atom. The minimum atomic E-state index is -0.121. The highest BCUT2D eigenvalue weighted by molar-refractivity contribution is 7.01. The molecule has 67 heavy (non-hydrogen) atoms. The summed E-state index contributed by atoms with van der Waals surface area (Å²) in [6.07, 6.45) is 4.78. The first-order chi connectivity index (χ1) is 31.5. The molecule has 0 bridgehead atoms. The van der Waals surface area contributed by atoms with Crippen LogP contribution < -0.4 is 31.1 Å². The Hall–Kier alpha value is -5.68. The van der Waals surface area contributed by atoms with E-state index >= 15 is 0 Å². The molecule has 5 heteroatoms. The van der Waals surface area contributed by atoms with Gasteiger partial charge in [0.1, 0.15) is 5.58 Å². The van der Waals surface area contributed by atoms with Crippen LogP contribution in [0.5, 0.6) is 0 Å². The number of furan rings is 1. The standard InChI is InChI=1S/C62H70BN3O/c1-57(2,3)39-21-27-43(28-22-39)64-50-31-25-42(60(10,11)12)36-48(50)63-54-46-35-41(59(7,8)9)26-32-53(46)67-56(54)65(44-29-23-40(24-30-44)58(4,5)6)52-38-45(37-51(64)55(52)63)66-49-20-16-15-19-47(49)61(13)33-17-18-34-62(61,66)14/h15-16,19-32,35-38H,17-18,33-34H2,1-14H3. The van der Waals surface area contributed by atoms with Crippen LogP contribution in [0, 0.1) is 0 Å². The number of hydrogen-bond donors (Lipinski definition) is 0. The molecule has 1 aliphatic carbocycles. The molecular weight excluding hydrogens is 814 g/mol. The molecule has 0 spiro atoms. The van der Waals surface area contributed by atoms with Gasteiger partial charge in [-0.15, -0.1) is 0 Å². The van der Waals surface area contributed by atoms with Crippen LogP contribution in [0.2, 0.25) is 0 Å². The van der Waals surface area contributed by atoms with Gasteiger partial charge in [0.15, 0.2) is 0 Å². The van der Waals surface area contributed by atoms with Gasteiger partial charge in [0.25, 0.3) is 6.71 Å². The molecule has 0 saturated heterocycles. The average molecular weight is 884 g/mol. The molecule has 0 amide bonds. The van der Waals surface area contributed by atoms with Crippen molar-refractivity contribution in [2.24, 2.45) is 0 Å². The van der Waals surface area contributed by atoms with Gasteiger partial charge in [-0.2, -0.15) is 0 Å². The van der Waals surface area contributed by atoms with E-state index in [2.05, 4.69) is 233 Å². The van der Waals surface area contributed by atoms with Gasteiger partial charge < -0.3 is 14.2 Å². The van der Waals surface area contributed by atoms with Crippen molar-refractivity contribution in [1.29, 1.82) is 0 Å². The predicted molar refractivity (Wildman–Crippen MR) is 288 cm³/mol. The fourth-order valence-electron chi connectivity index (χ4n) is 12.4. The molecule has 1 fully saturated rings. The second-order valence-corrected chi connectivity index (χ2v) is 25.1. The van der Waals surface area contributed by atoms with Crippen LogP contribution >= 0.6 is 0 Å². The van der Waals surface area contributed by atoms with Crippen LogP contribution in [0.4, 0.5) is 45.7 Å². The lowest BCUT2D eigenvalue weighted by Gasteiger charge is -2.51. The van der Waals surface area contributed by atoms with Crippen molar-refractivity contribution in [2.75, 3.05) is 14.7 Å². The van der Waals surface area contributed by atoms with E-state index in [1.54, 1.807) is 0 Å². The Bertz CT molecular complexity index is 3110. The van der Waals surface area contributed by atoms with Crippen molar-refractivity contribution < 1.29 is 4.42 Å². The zero-order valence-corrected chi connectivity index (χ0v) is 42.7. The number of hydrogen-bond acceptors (Lipinski definition) is 4. The lowest BCUT2D eigenvalue weighted by atomic mass is 9.33. The van der Waals surface area contributed by atoms with Crippen molar-refractivity contribution in [3.63, 3.8) is 0 Å². The van der Waals surface area contributed by atoms with E-state index in [9.17, 15) is 0 Å². The predicted octanol–water partition coefficient (Wildman–Crippen LogP) is 15.4. The Labute approximate surface area is 401 Å². The molecule has 1 aromatic heterocycles. The molecule has 11 rings (SSSR count). The molecule has 2 atom stereocenters. The number of nitrogens with zero attached hydrogens (tertiary/aromatic N) is 3. The third-order valence-electron chi connectivity index (χ3n) is 16.7. The molecule has 4 heterocycles. The zero-order chi connectivity index (χ0) is 47.4. The SMILES string of the molecule is CC(C)(C)c1ccc(N2c3ccc(C(C)(C)C)cc3B3c4c2cc(N2c5ccccc5C5(C)CCCCC25C)cc4N(c2ccc(C(C)(C)C)cc2)c2oc4ccc(C(C)(C)C)cc4c23)cc1. The molecule has 342 valence electrons. The molecule has 1 saturated carbocycles. The summed E-state index contributed by atoms with van der Waals surface area (Å²) in [4.78, 5) is 7.85. The topological polar surface area (TPSA) is 22.9 Å². The lowest BCUT2D eigenvalue weighted by Crippen LogP contribution is -2.61. The fraction of sp³-hybridized carbons (Fsp3) is 0.387. The van der Waals surface area contributed by atoms with E-state index in [1.165, 1.54) is 103 Å². The highest BCUT2D eigenvalue weighted by Crippen LogP contribution is 2.62. The maximum Gasteiger partial charge on any atom is 0.257 e. The summed E-state index contributed by atoms with van der Waals surface area (Å²) in [6, 6.07) is 47.5. The van der Waals surface area contributed by atoms with Gasteiger partial charge in [-0.1, -0.05) is 164 Å². The summed E-state index contributed by atoms with van der Waals surface area (Å²) < 4.78 is 7.39. The summed E-state index contributed by atoms with van der Waals surface area (Å²) in [5.41, 5.74) is 19.9. The molecule has 0 radical (unpaired) electrons. The van der Waals surface area contributed by atoms with E-state index in [0.29, 0.717) is 0 Å². The van der Waals surface area contributed by atoms with Crippen LogP contribution in [-0.4, -0.2) is 12.3 Å². The van der Waals surface area contributed by atoms with E-state index in [0.717, 1.165) is 23.6 Å². The molecule has 6 aromatic carbocycles. The number of para-hydroxylation sites is 1. The highest BCUT2D eigenvalue weighted by atomic mass is 16.4. The number of rotatable bonds is 3. The third-order valence-corrected chi connectivity index (χ3v) is 16.7. The maximum atomic E-state index is 7.39. The number of benzene rings is 6. The molecule has 7 aromatic rings. The summed E-state index contributed by atoms with van der Waals surface area (Å²) >= 11 is 0. The maximum absolute atomic E-state index is 7.39. The Morgan fingerprint density at radius 3 is 1.61 bits per heavy atom. The van der Waals surface area contributed by atoms with Crippen molar-refractivity contribution >= 4 is 79.8 Å². The smallest absolute Gasteiger partial charge is 0.257 e. The Morgan fingerprint density at radius 1 is 0.478 bits per heavy atom. The van der Waals surface area contributed by atoms with Gasteiger partial charge >= 0.3 is 0 Å². The summed E-state index contributed by atoms with van der Waals surface area (Å²) in [6.45, 7) is 32.9. The average Bonchev–Trinajstić information content (AvgIpc) is 3.74. The quantitative estimate of drug-likeness (QED) is 0.165. The Balaban J connectivity index is 1.29. The van der Waals surface area contributed by atoms with Crippen molar-refractivity contribution in [2.45, 2.75) is 155 Å². The van der Waals surface area contributed by atoms with Gasteiger partial charge in [0.2, 0.25) is 5.88 Å². The van der Waals surface area contributed by atoms with Crippen LogP contribution in [0.3, 0.4) is 0 Å². The van der Waals surface area contributed by atoms with Gasteiger partial charge in [0.05, 0.1) is 5.54 Å². The molecule has 4 nitrogen and oxygen atoms in total. The Kier molecular flexibility index (Phi) is 9.44. The van der Waals surface area contributed by atoms with Crippen molar-refractivity contribution in [3.8, 4) is 0 Å². The van der Waals surface area contributed by atoms with Crippen molar-refractivity contribution in [3.05, 3.63) is 149 Å². The summed E-state index contributed by atoms with van der Waals surface area (Å²) in [7, 11) is 0. The van der Waals surface area contributed by atoms with E-state index < -0.39 is 0 Å². The fourth-order valence-corrected chi connectivity index (χ4v) is 12.4. The second-order valence-electron chi connectivity index (χ2n) is 25.1. The minimum absolute atomic E-state index is 0.00901. The molecule has 3 aliphatic heterocycles. The van der Waals surface area contributed by atoms with E-state index in [4.69, 9.17) is 4.42 Å². The number of anilines is 8. The highest BCUT2D eigenvalue weighted by Gasteiger charge is 2.58. The van der Waals surface area contributed by atoms with Gasteiger partial charge in [-0.3, -0.25) is 4.90 Å². The molecule has 4 aliphatic rings. The number of fused-ring (bicyclic) bond motifs is 9. The van der Waals surface area contributed by atoms with Crippen LogP contribution in [0.1, 0.15) is 150 Å². The van der Waals surface area contributed by atoms with Crippen LogP contribution in [-0.2, 0) is 27.1 Å². The first kappa shape index (κ1) is 43.9. The third kappa shape index (κ3) is 6.53. The largest absolute Gasteiger partial charge is 0.440 e. The van der Waals surface area contributed by atoms with Gasteiger partial charge in [0, 0.05) is 56.1 Å². The van der Waals surface area contributed by atoms with E-state index in [-0.39, 0.29) is 39.3 Å². The summed E-state index contributed by atoms with van der Waals surface area (Å²) in [5, 5.41) is 1.19. The zero-order valence-electron chi connectivity index (χ0n) is 42.7. The van der Waals surface area contributed by atoms with Crippen LogP contribution in [0.15, 0.2) is 126 Å². The second kappa shape index (κ2) is 14.4. The monoisotopic (exact) mass is 884 g/mol. The first-order valence-corrected chi connectivity index (χ1v) is 25.1. The normalized spacial score (nSPS) is 20.1. The molecule has 2 unspecified atom stereocenters. The first-order valence-electron chi connectivity index (χ1n) is 25.1. The van der Waals surface area contributed by atoms with Crippen LogP contribution in [0.25, 0.3) is 11.0 Å². The lowest BCUT2D eigenvalue weighted by molar-refractivity contribution is 0.195. The molecular formula is C62H70BN3O. The van der Waals surface area contributed by atoms with Gasteiger partial charge in [-0.05, 0) is 141 Å². The van der Waals surface area contributed by atoms with Crippen molar-refractivity contribution in [1.82, 2.24) is 0 Å². The van der Waals surface area contributed by atoms with Gasteiger partial charge in [-0.25, -0.2) is 0 Å². The molecule has 0 N–H and O–H groups in total. The minimum Gasteiger partial charge on any atom is -0.440 e. The summed E-state index contributed by atoms with van der Waals surface area (Å²) in [5.74, 6) is 0.913.